The molecule has 114 valence electrons. The molecular formula is C12H15FN4O3S. The van der Waals surface area contributed by atoms with Crippen molar-refractivity contribution < 1.29 is 17.9 Å². The standard InChI is InChI=1S/C12H15FN4O3S/c1-8(12-15-14-7-17(12)2)16-21(19,20)10-3-4-11(13)9(5-10)6-18/h3-5,7-8,16,18H,6H2,1-2H3. The normalized spacial score (nSPS) is 13.3. The maximum atomic E-state index is 13.3. The van der Waals surface area contributed by atoms with Crippen molar-refractivity contribution in [3.8, 4) is 0 Å². The molecule has 0 saturated heterocycles. The van der Waals surface area contributed by atoms with Crippen molar-refractivity contribution in [3.63, 3.8) is 0 Å². The molecule has 1 unspecified atom stereocenters. The number of aryl methyl sites for hydroxylation is 1. The molecule has 0 aliphatic rings. The number of aromatic nitrogens is 3. The zero-order chi connectivity index (χ0) is 15.6. The summed E-state index contributed by atoms with van der Waals surface area (Å²) < 4.78 is 41.8. The fourth-order valence-corrected chi connectivity index (χ4v) is 3.13. The SMILES string of the molecule is CC(NS(=O)(=O)c1ccc(F)c(CO)c1)c1nncn1C. The summed E-state index contributed by atoms with van der Waals surface area (Å²) in [5, 5.41) is 16.5. The number of rotatable bonds is 5. The number of hydrogen-bond acceptors (Lipinski definition) is 5. The molecule has 1 atom stereocenters. The van der Waals surface area contributed by atoms with Crippen LogP contribution < -0.4 is 4.72 Å². The third kappa shape index (κ3) is 3.26. The molecule has 0 amide bonds. The molecular weight excluding hydrogens is 299 g/mol. The molecule has 9 heteroatoms. The maximum Gasteiger partial charge on any atom is 0.241 e. The summed E-state index contributed by atoms with van der Waals surface area (Å²) in [7, 11) is -2.16. The molecule has 0 radical (unpaired) electrons. The predicted molar refractivity (Wildman–Crippen MR) is 72.1 cm³/mol. The third-order valence-electron chi connectivity index (χ3n) is 2.96. The Morgan fingerprint density at radius 1 is 1.48 bits per heavy atom. The molecule has 0 spiro atoms. The largest absolute Gasteiger partial charge is 0.392 e. The van der Waals surface area contributed by atoms with Gasteiger partial charge in [0, 0.05) is 12.6 Å². The molecule has 2 aromatic rings. The van der Waals surface area contributed by atoms with Crippen molar-refractivity contribution in [2.24, 2.45) is 7.05 Å². The molecule has 0 aliphatic carbocycles. The molecule has 1 heterocycles. The summed E-state index contributed by atoms with van der Waals surface area (Å²) >= 11 is 0. The van der Waals surface area contributed by atoms with Crippen molar-refractivity contribution in [2.75, 3.05) is 0 Å². The summed E-state index contributed by atoms with van der Waals surface area (Å²) in [6, 6.07) is 2.64. The van der Waals surface area contributed by atoms with Crippen molar-refractivity contribution >= 4 is 10.0 Å². The Labute approximate surface area is 121 Å². The highest BCUT2D eigenvalue weighted by Crippen LogP contribution is 2.18. The lowest BCUT2D eigenvalue weighted by Gasteiger charge is -2.14. The van der Waals surface area contributed by atoms with Crippen LogP contribution in [0.2, 0.25) is 0 Å². The number of nitrogens with zero attached hydrogens (tertiary/aromatic N) is 3. The van der Waals surface area contributed by atoms with Gasteiger partial charge in [-0.2, -0.15) is 0 Å². The molecule has 0 saturated carbocycles. The van der Waals surface area contributed by atoms with Crippen LogP contribution in [0.4, 0.5) is 4.39 Å². The number of sulfonamides is 1. The monoisotopic (exact) mass is 314 g/mol. The van der Waals surface area contributed by atoms with Gasteiger partial charge < -0.3 is 9.67 Å². The Balaban J connectivity index is 2.28. The minimum absolute atomic E-state index is 0.0795. The van der Waals surface area contributed by atoms with E-state index in [1.165, 1.54) is 6.33 Å². The van der Waals surface area contributed by atoms with Gasteiger partial charge in [0.05, 0.1) is 17.5 Å². The smallest absolute Gasteiger partial charge is 0.241 e. The molecule has 1 aromatic heterocycles. The Hall–Kier alpha value is -1.84. The lowest BCUT2D eigenvalue weighted by Crippen LogP contribution is -2.28. The van der Waals surface area contributed by atoms with Gasteiger partial charge in [-0.15, -0.1) is 10.2 Å². The van der Waals surface area contributed by atoms with E-state index in [4.69, 9.17) is 5.11 Å². The van der Waals surface area contributed by atoms with Gasteiger partial charge in [0.25, 0.3) is 0 Å². The minimum atomic E-state index is -3.86. The fraction of sp³-hybridized carbons (Fsp3) is 0.333. The fourth-order valence-electron chi connectivity index (χ4n) is 1.88. The van der Waals surface area contributed by atoms with Crippen LogP contribution in [-0.2, 0) is 23.7 Å². The maximum absolute atomic E-state index is 13.3. The Morgan fingerprint density at radius 2 is 2.19 bits per heavy atom. The van der Waals surface area contributed by atoms with E-state index in [9.17, 15) is 12.8 Å². The predicted octanol–water partition coefficient (Wildman–Crippen LogP) is 0.486. The van der Waals surface area contributed by atoms with Crippen LogP contribution in [0.1, 0.15) is 24.4 Å². The van der Waals surface area contributed by atoms with Crippen LogP contribution >= 0.6 is 0 Å². The number of benzene rings is 1. The van der Waals surface area contributed by atoms with Gasteiger partial charge in [-0.25, -0.2) is 17.5 Å². The molecule has 2 rings (SSSR count). The molecule has 7 nitrogen and oxygen atoms in total. The van der Waals surface area contributed by atoms with Crippen LogP contribution in [0.5, 0.6) is 0 Å². The summed E-state index contributed by atoms with van der Waals surface area (Å²) in [5.41, 5.74) is -0.0795. The summed E-state index contributed by atoms with van der Waals surface area (Å²) in [6.45, 7) is 1.05. The zero-order valence-corrected chi connectivity index (χ0v) is 12.3. The van der Waals surface area contributed by atoms with Crippen LogP contribution in [0, 0.1) is 5.82 Å². The number of hydrogen-bond donors (Lipinski definition) is 2. The van der Waals surface area contributed by atoms with E-state index in [2.05, 4.69) is 14.9 Å². The first-order valence-corrected chi connectivity index (χ1v) is 7.59. The summed E-state index contributed by atoms with van der Waals surface area (Å²) in [4.78, 5) is -0.123. The van der Waals surface area contributed by atoms with Gasteiger partial charge in [0.2, 0.25) is 10.0 Å². The first kappa shape index (κ1) is 15.5. The summed E-state index contributed by atoms with van der Waals surface area (Å²) in [5.74, 6) is -0.208. The Morgan fingerprint density at radius 3 is 2.76 bits per heavy atom. The second-order valence-electron chi connectivity index (χ2n) is 4.55. The summed E-state index contributed by atoms with van der Waals surface area (Å²) in [6.07, 6.45) is 1.46. The van der Waals surface area contributed by atoms with E-state index in [1.54, 1.807) is 18.5 Å². The second kappa shape index (κ2) is 5.88. The van der Waals surface area contributed by atoms with Crippen LogP contribution in [-0.4, -0.2) is 28.3 Å². The van der Waals surface area contributed by atoms with E-state index >= 15 is 0 Å². The van der Waals surface area contributed by atoms with E-state index in [0.717, 1.165) is 18.2 Å². The Kier molecular flexibility index (Phi) is 4.35. The number of aliphatic hydroxyl groups is 1. The first-order chi connectivity index (χ1) is 9.85. The van der Waals surface area contributed by atoms with Gasteiger partial charge in [-0.05, 0) is 25.1 Å². The average Bonchev–Trinajstić information content (AvgIpc) is 2.85. The van der Waals surface area contributed by atoms with Crippen molar-refractivity contribution in [1.29, 1.82) is 0 Å². The van der Waals surface area contributed by atoms with Gasteiger partial charge in [0.15, 0.2) is 0 Å². The van der Waals surface area contributed by atoms with Gasteiger partial charge >= 0.3 is 0 Å². The lowest BCUT2D eigenvalue weighted by molar-refractivity contribution is 0.275. The third-order valence-corrected chi connectivity index (χ3v) is 4.50. The number of aliphatic hydroxyl groups excluding tert-OH is 1. The Bertz CT molecular complexity index is 745. The molecule has 1 aromatic carbocycles. The molecule has 0 fully saturated rings. The van der Waals surface area contributed by atoms with Crippen molar-refractivity contribution in [3.05, 3.63) is 41.7 Å². The van der Waals surface area contributed by atoms with E-state index in [0.29, 0.717) is 5.82 Å². The van der Waals surface area contributed by atoms with Crippen molar-refractivity contribution in [2.45, 2.75) is 24.5 Å². The van der Waals surface area contributed by atoms with Crippen LogP contribution in [0.25, 0.3) is 0 Å². The highest BCUT2D eigenvalue weighted by atomic mass is 32.2. The lowest BCUT2D eigenvalue weighted by atomic mass is 10.2. The van der Waals surface area contributed by atoms with Crippen molar-refractivity contribution in [1.82, 2.24) is 19.5 Å². The number of nitrogens with one attached hydrogen (secondary N) is 1. The van der Waals surface area contributed by atoms with E-state index < -0.39 is 28.5 Å². The first-order valence-electron chi connectivity index (χ1n) is 6.10. The molecule has 2 N–H and O–H groups in total. The topological polar surface area (TPSA) is 97.1 Å². The zero-order valence-electron chi connectivity index (χ0n) is 11.5. The average molecular weight is 314 g/mol. The van der Waals surface area contributed by atoms with Gasteiger partial charge in [0.1, 0.15) is 18.0 Å². The molecule has 0 aliphatic heterocycles. The van der Waals surface area contributed by atoms with Gasteiger partial charge in [-0.3, -0.25) is 0 Å². The quantitative estimate of drug-likeness (QED) is 0.837. The van der Waals surface area contributed by atoms with Crippen LogP contribution in [0.15, 0.2) is 29.4 Å². The highest BCUT2D eigenvalue weighted by molar-refractivity contribution is 7.89. The highest BCUT2D eigenvalue weighted by Gasteiger charge is 2.22. The van der Waals surface area contributed by atoms with E-state index in [1.807, 2.05) is 0 Å². The van der Waals surface area contributed by atoms with E-state index in [-0.39, 0.29) is 10.5 Å². The van der Waals surface area contributed by atoms with Crippen LogP contribution in [0.3, 0.4) is 0 Å². The minimum Gasteiger partial charge on any atom is -0.392 e. The molecule has 0 bridgehead atoms. The van der Waals surface area contributed by atoms with Gasteiger partial charge in [-0.1, -0.05) is 0 Å². The number of halogens is 1. The molecule has 21 heavy (non-hydrogen) atoms. The second-order valence-corrected chi connectivity index (χ2v) is 6.27.